The third-order valence-electron chi connectivity index (χ3n) is 4.64. The van der Waals surface area contributed by atoms with Crippen LogP contribution in [0.3, 0.4) is 0 Å². The normalized spacial score (nSPS) is 16.2. The molecule has 0 aromatic carbocycles. The molecule has 1 aliphatic rings. The van der Waals surface area contributed by atoms with E-state index in [4.69, 9.17) is 0 Å². The topological polar surface area (TPSA) is 62.3 Å². The predicted molar refractivity (Wildman–Crippen MR) is 96.8 cm³/mol. The monoisotopic (exact) mass is 363 g/mol. The van der Waals surface area contributed by atoms with Crippen molar-refractivity contribution in [2.45, 2.75) is 38.3 Å². The maximum absolute atomic E-state index is 13.9. The Morgan fingerprint density at radius 1 is 1.36 bits per heavy atom. The summed E-state index contributed by atoms with van der Waals surface area (Å²) in [6, 6.07) is 3.86. The van der Waals surface area contributed by atoms with Crippen molar-refractivity contribution in [2.24, 2.45) is 0 Å². The van der Waals surface area contributed by atoms with Gasteiger partial charge in [-0.1, -0.05) is 6.07 Å². The molecule has 7 heteroatoms. The SMILES string of the molecule is CNC(=O)c1sc2ncccc2c1C1CCN(C(=O)C(C)(C)F)CC1. The molecule has 2 aromatic heterocycles. The van der Waals surface area contributed by atoms with E-state index in [1.54, 1.807) is 18.1 Å². The number of nitrogens with zero attached hydrogens (tertiary/aromatic N) is 2. The van der Waals surface area contributed by atoms with Crippen LogP contribution >= 0.6 is 11.3 Å². The number of nitrogens with one attached hydrogen (secondary N) is 1. The van der Waals surface area contributed by atoms with E-state index in [0.29, 0.717) is 30.8 Å². The van der Waals surface area contributed by atoms with Crippen LogP contribution in [-0.4, -0.2) is 47.5 Å². The Labute approximate surface area is 150 Å². The highest BCUT2D eigenvalue weighted by Crippen LogP contribution is 2.40. The first kappa shape index (κ1) is 17.8. The first-order chi connectivity index (χ1) is 11.8. The number of pyridine rings is 1. The van der Waals surface area contributed by atoms with Gasteiger partial charge in [-0.05, 0) is 44.2 Å². The molecule has 2 aromatic rings. The molecule has 0 aliphatic carbocycles. The molecule has 25 heavy (non-hydrogen) atoms. The molecule has 0 atom stereocenters. The molecule has 2 amide bonds. The Morgan fingerprint density at radius 3 is 2.64 bits per heavy atom. The minimum atomic E-state index is -1.85. The summed E-state index contributed by atoms with van der Waals surface area (Å²) >= 11 is 1.40. The minimum absolute atomic E-state index is 0.110. The quantitative estimate of drug-likeness (QED) is 0.911. The van der Waals surface area contributed by atoms with Gasteiger partial charge in [0, 0.05) is 31.7 Å². The number of hydrogen-bond donors (Lipinski definition) is 1. The van der Waals surface area contributed by atoms with Crippen LogP contribution in [0.5, 0.6) is 0 Å². The number of rotatable bonds is 3. The molecule has 1 saturated heterocycles. The van der Waals surface area contributed by atoms with Crippen molar-refractivity contribution in [1.82, 2.24) is 15.2 Å². The van der Waals surface area contributed by atoms with Gasteiger partial charge in [-0.15, -0.1) is 11.3 Å². The number of thiophene rings is 1. The van der Waals surface area contributed by atoms with Gasteiger partial charge in [0.15, 0.2) is 5.67 Å². The average Bonchev–Trinajstić information content (AvgIpc) is 2.99. The van der Waals surface area contributed by atoms with E-state index in [9.17, 15) is 14.0 Å². The summed E-state index contributed by atoms with van der Waals surface area (Å²) < 4.78 is 13.9. The van der Waals surface area contributed by atoms with Crippen LogP contribution in [0.25, 0.3) is 10.2 Å². The van der Waals surface area contributed by atoms with Crippen LogP contribution in [0, 0.1) is 0 Å². The third-order valence-corrected chi connectivity index (χ3v) is 5.77. The molecular formula is C18H22FN3O2S. The van der Waals surface area contributed by atoms with E-state index in [1.807, 2.05) is 12.1 Å². The number of carbonyl (C=O) groups is 2. The zero-order valence-electron chi connectivity index (χ0n) is 14.6. The van der Waals surface area contributed by atoms with Crippen molar-refractivity contribution in [3.8, 4) is 0 Å². The number of alkyl halides is 1. The first-order valence-electron chi connectivity index (χ1n) is 8.40. The Bertz CT molecular complexity index is 804. The van der Waals surface area contributed by atoms with Gasteiger partial charge in [-0.2, -0.15) is 0 Å². The highest BCUT2D eigenvalue weighted by atomic mass is 32.1. The van der Waals surface area contributed by atoms with Crippen LogP contribution in [0.15, 0.2) is 18.3 Å². The van der Waals surface area contributed by atoms with Gasteiger partial charge in [0.1, 0.15) is 4.83 Å². The summed E-state index contributed by atoms with van der Waals surface area (Å²) in [4.78, 5) is 31.9. The van der Waals surface area contributed by atoms with E-state index in [-0.39, 0.29) is 11.8 Å². The van der Waals surface area contributed by atoms with Gasteiger partial charge in [0.05, 0.1) is 4.88 Å². The molecule has 0 unspecified atom stereocenters. The van der Waals surface area contributed by atoms with Gasteiger partial charge in [-0.3, -0.25) is 9.59 Å². The Morgan fingerprint density at radius 2 is 2.04 bits per heavy atom. The molecule has 3 rings (SSSR count). The van der Waals surface area contributed by atoms with Gasteiger partial charge in [0.25, 0.3) is 11.8 Å². The number of carbonyl (C=O) groups excluding carboxylic acids is 2. The maximum atomic E-state index is 13.9. The van der Waals surface area contributed by atoms with Crippen molar-refractivity contribution in [1.29, 1.82) is 0 Å². The number of fused-ring (bicyclic) bond motifs is 1. The number of hydrogen-bond acceptors (Lipinski definition) is 4. The predicted octanol–water partition coefficient (Wildman–Crippen LogP) is 3.11. The van der Waals surface area contributed by atoms with Crippen molar-refractivity contribution in [3.05, 3.63) is 28.8 Å². The molecule has 0 radical (unpaired) electrons. The lowest BCUT2D eigenvalue weighted by molar-refractivity contribution is -0.142. The second-order valence-corrected chi connectivity index (χ2v) is 7.82. The van der Waals surface area contributed by atoms with Crippen LogP contribution in [0.1, 0.15) is 47.8 Å². The molecule has 134 valence electrons. The third kappa shape index (κ3) is 3.38. The Hall–Kier alpha value is -2.02. The lowest BCUT2D eigenvalue weighted by atomic mass is 9.87. The smallest absolute Gasteiger partial charge is 0.261 e. The number of amides is 2. The lowest BCUT2D eigenvalue weighted by Gasteiger charge is -2.34. The summed E-state index contributed by atoms with van der Waals surface area (Å²) in [5.74, 6) is -0.410. The molecule has 0 bridgehead atoms. The molecular weight excluding hydrogens is 341 g/mol. The van der Waals surface area contributed by atoms with Crippen molar-refractivity contribution >= 4 is 33.4 Å². The molecule has 3 heterocycles. The summed E-state index contributed by atoms with van der Waals surface area (Å²) in [5, 5.41) is 3.70. The van der Waals surface area contributed by atoms with Crippen LogP contribution < -0.4 is 5.32 Å². The minimum Gasteiger partial charge on any atom is -0.354 e. The molecule has 0 saturated carbocycles. The lowest BCUT2D eigenvalue weighted by Crippen LogP contribution is -2.46. The van der Waals surface area contributed by atoms with E-state index in [1.165, 1.54) is 25.2 Å². The summed E-state index contributed by atoms with van der Waals surface area (Å²) in [5.41, 5.74) is -0.835. The summed E-state index contributed by atoms with van der Waals surface area (Å²) in [7, 11) is 1.62. The zero-order valence-corrected chi connectivity index (χ0v) is 15.5. The molecule has 5 nitrogen and oxygen atoms in total. The fourth-order valence-electron chi connectivity index (χ4n) is 3.39. The van der Waals surface area contributed by atoms with Gasteiger partial charge >= 0.3 is 0 Å². The Kier molecular flexibility index (Phi) is 4.77. The van der Waals surface area contributed by atoms with Crippen LogP contribution in [0.2, 0.25) is 0 Å². The van der Waals surface area contributed by atoms with E-state index in [0.717, 1.165) is 15.8 Å². The largest absolute Gasteiger partial charge is 0.354 e. The summed E-state index contributed by atoms with van der Waals surface area (Å²) in [6.45, 7) is 3.59. The summed E-state index contributed by atoms with van der Waals surface area (Å²) in [6.07, 6.45) is 3.15. The van der Waals surface area contributed by atoms with Crippen molar-refractivity contribution in [2.75, 3.05) is 20.1 Å². The van der Waals surface area contributed by atoms with E-state index >= 15 is 0 Å². The maximum Gasteiger partial charge on any atom is 0.261 e. The van der Waals surface area contributed by atoms with Crippen molar-refractivity contribution in [3.63, 3.8) is 0 Å². The Balaban J connectivity index is 1.88. The first-order valence-corrected chi connectivity index (χ1v) is 9.22. The second-order valence-electron chi connectivity index (χ2n) is 6.82. The zero-order chi connectivity index (χ0) is 18.2. The van der Waals surface area contributed by atoms with Crippen LogP contribution in [-0.2, 0) is 4.79 Å². The van der Waals surface area contributed by atoms with Gasteiger partial charge < -0.3 is 10.2 Å². The highest BCUT2D eigenvalue weighted by Gasteiger charge is 2.35. The average molecular weight is 363 g/mol. The van der Waals surface area contributed by atoms with Gasteiger partial charge in [-0.25, -0.2) is 9.37 Å². The molecule has 1 aliphatic heterocycles. The number of aromatic nitrogens is 1. The van der Waals surface area contributed by atoms with E-state index < -0.39 is 11.6 Å². The second kappa shape index (κ2) is 6.71. The van der Waals surface area contributed by atoms with E-state index in [2.05, 4.69) is 10.3 Å². The fraction of sp³-hybridized carbons (Fsp3) is 0.500. The molecule has 1 N–H and O–H groups in total. The number of likely N-dealkylation sites (tertiary alicyclic amines) is 1. The number of piperidine rings is 1. The molecule has 0 spiro atoms. The standard InChI is InChI=1S/C18H22FN3O2S/c1-18(2,19)17(24)22-9-6-11(7-10-22)13-12-5-4-8-21-16(12)25-14(13)15(23)20-3/h4-5,8,11H,6-7,9-10H2,1-3H3,(H,20,23). The number of halogens is 1. The fourth-order valence-corrected chi connectivity index (χ4v) is 4.56. The van der Waals surface area contributed by atoms with Crippen LogP contribution in [0.4, 0.5) is 4.39 Å². The molecule has 1 fully saturated rings. The highest BCUT2D eigenvalue weighted by molar-refractivity contribution is 7.20. The van der Waals surface area contributed by atoms with Gasteiger partial charge in [0.2, 0.25) is 0 Å². The van der Waals surface area contributed by atoms with Crippen molar-refractivity contribution < 1.29 is 14.0 Å².